The minimum absolute atomic E-state index is 0.172. The molecular weight excluding hydrogens is 176 g/mol. The summed E-state index contributed by atoms with van der Waals surface area (Å²) in [6, 6.07) is 0.522. The fourth-order valence-electron chi connectivity index (χ4n) is 1.58. The Morgan fingerprint density at radius 2 is 2.07 bits per heavy atom. The van der Waals surface area contributed by atoms with E-state index in [1.807, 2.05) is 20.8 Å². The Kier molecular flexibility index (Phi) is 3.67. The average Bonchev–Trinajstić information content (AvgIpc) is 2.02. The summed E-state index contributed by atoms with van der Waals surface area (Å²) in [5.74, 6) is 0.316. The van der Waals surface area contributed by atoms with Gasteiger partial charge in [0.2, 0.25) is 0 Å². The van der Waals surface area contributed by atoms with Crippen molar-refractivity contribution < 1.29 is 4.79 Å². The highest BCUT2D eigenvalue weighted by molar-refractivity contribution is 5.84. The van der Waals surface area contributed by atoms with Crippen LogP contribution < -0.4 is 10.6 Å². The topological polar surface area (TPSA) is 41.1 Å². The van der Waals surface area contributed by atoms with Crippen molar-refractivity contribution >= 4 is 5.78 Å². The molecular formula is C11H22N2O. The fourth-order valence-corrected chi connectivity index (χ4v) is 1.58. The molecule has 0 aliphatic carbocycles. The molecule has 1 saturated heterocycles. The molecule has 82 valence electrons. The Hall–Kier alpha value is -0.410. The van der Waals surface area contributed by atoms with Gasteiger partial charge in [-0.15, -0.1) is 0 Å². The summed E-state index contributed by atoms with van der Waals surface area (Å²) in [5, 5.41) is 6.71. The van der Waals surface area contributed by atoms with Crippen LogP contribution in [0.15, 0.2) is 0 Å². The smallest absolute Gasteiger partial charge is 0.141 e. The molecule has 1 rings (SSSR count). The number of Topliss-reactive ketones (excluding diaryl/α,β-unsaturated/α-hetero) is 1. The molecule has 0 radical (unpaired) electrons. The van der Waals surface area contributed by atoms with Crippen molar-refractivity contribution in [2.75, 3.05) is 6.54 Å². The third kappa shape index (κ3) is 3.39. The Morgan fingerprint density at radius 3 is 2.57 bits per heavy atom. The molecule has 0 aromatic heterocycles. The first-order chi connectivity index (χ1) is 6.39. The maximum atomic E-state index is 11.8. The second kappa shape index (κ2) is 4.41. The quantitative estimate of drug-likeness (QED) is 0.702. The van der Waals surface area contributed by atoms with Gasteiger partial charge in [-0.1, -0.05) is 20.8 Å². The van der Waals surface area contributed by atoms with Crippen LogP contribution in [0, 0.1) is 5.41 Å². The highest BCUT2D eigenvalue weighted by Crippen LogP contribution is 2.18. The van der Waals surface area contributed by atoms with E-state index in [1.165, 1.54) is 0 Å². The zero-order valence-electron chi connectivity index (χ0n) is 9.68. The molecule has 1 heterocycles. The fraction of sp³-hybridized carbons (Fsp3) is 0.909. The SMILES string of the molecule is C[C@H]1CCN[C@@H](CC(=O)C(C)(C)C)N1. The first kappa shape index (κ1) is 11.7. The summed E-state index contributed by atoms with van der Waals surface area (Å²) in [5.41, 5.74) is -0.218. The molecule has 0 aromatic carbocycles. The number of carbonyl (C=O) groups is 1. The molecule has 0 bridgehead atoms. The molecule has 3 nitrogen and oxygen atoms in total. The monoisotopic (exact) mass is 198 g/mol. The van der Waals surface area contributed by atoms with E-state index in [2.05, 4.69) is 17.6 Å². The molecule has 1 aliphatic heterocycles. The zero-order chi connectivity index (χ0) is 10.8. The third-order valence-corrected chi connectivity index (χ3v) is 2.68. The molecule has 2 N–H and O–H groups in total. The van der Waals surface area contributed by atoms with Gasteiger partial charge >= 0.3 is 0 Å². The summed E-state index contributed by atoms with van der Waals surface area (Å²) in [6.07, 6.45) is 1.90. The lowest BCUT2D eigenvalue weighted by Gasteiger charge is -2.31. The Balaban J connectivity index is 2.40. The molecule has 1 fully saturated rings. The minimum Gasteiger partial charge on any atom is -0.301 e. The summed E-state index contributed by atoms with van der Waals surface area (Å²) >= 11 is 0. The van der Waals surface area contributed by atoms with Crippen molar-refractivity contribution in [2.45, 2.75) is 52.7 Å². The van der Waals surface area contributed by atoms with E-state index in [1.54, 1.807) is 0 Å². The van der Waals surface area contributed by atoms with Crippen LogP contribution in [-0.4, -0.2) is 24.5 Å². The number of carbonyl (C=O) groups excluding carboxylic acids is 1. The van der Waals surface area contributed by atoms with Gasteiger partial charge in [0.05, 0.1) is 6.17 Å². The Morgan fingerprint density at radius 1 is 1.43 bits per heavy atom. The average molecular weight is 198 g/mol. The molecule has 0 spiro atoms. The van der Waals surface area contributed by atoms with Gasteiger partial charge in [0.1, 0.15) is 5.78 Å². The van der Waals surface area contributed by atoms with Gasteiger partial charge in [-0.3, -0.25) is 10.1 Å². The van der Waals surface area contributed by atoms with Gasteiger partial charge in [-0.05, 0) is 19.9 Å². The van der Waals surface area contributed by atoms with Crippen molar-refractivity contribution in [1.29, 1.82) is 0 Å². The first-order valence-corrected chi connectivity index (χ1v) is 5.42. The van der Waals surface area contributed by atoms with Crippen molar-refractivity contribution in [3.8, 4) is 0 Å². The molecule has 0 aromatic rings. The second-order valence-corrected chi connectivity index (χ2v) is 5.24. The van der Waals surface area contributed by atoms with Crippen LogP contribution in [0.5, 0.6) is 0 Å². The highest BCUT2D eigenvalue weighted by Gasteiger charge is 2.26. The summed E-state index contributed by atoms with van der Waals surface area (Å²) in [6.45, 7) is 9.09. The summed E-state index contributed by atoms with van der Waals surface area (Å²) < 4.78 is 0. The van der Waals surface area contributed by atoms with Gasteiger partial charge in [-0.25, -0.2) is 0 Å². The van der Waals surface area contributed by atoms with Gasteiger partial charge in [0.15, 0.2) is 0 Å². The van der Waals surface area contributed by atoms with Crippen molar-refractivity contribution in [3.63, 3.8) is 0 Å². The van der Waals surface area contributed by atoms with E-state index in [9.17, 15) is 4.79 Å². The molecule has 0 unspecified atom stereocenters. The third-order valence-electron chi connectivity index (χ3n) is 2.68. The number of nitrogens with one attached hydrogen (secondary N) is 2. The Labute approximate surface area is 86.6 Å². The van der Waals surface area contributed by atoms with Gasteiger partial charge in [0.25, 0.3) is 0 Å². The maximum absolute atomic E-state index is 11.8. The number of rotatable bonds is 2. The lowest BCUT2D eigenvalue weighted by molar-refractivity contribution is -0.127. The van der Waals surface area contributed by atoms with Gasteiger partial charge in [0, 0.05) is 17.9 Å². The summed E-state index contributed by atoms with van der Waals surface area (Å²) in [4.78, 5) is 11.8. The van der Waals surface area contributed by atoms with Crippen molar-refractivity contribution in [2.24, 2.45) is 5.41 Å². The number of hydrogen-bond donors (Lipinski definition) is 2. The number of hydrogen-bond acceptors (Lipinski definition) is 3. The molecule has 0 amide bonds. The van der Waals surface area contributed by atoms with E-state index in [-0.39, 0.29) is 11.6 Å². The van der Waals surface area contributed by atoms with Crippen molar-refractivity contribution in [1.82, 2.24) is 10.6 Å². The Bertz CT molecular complexity index is 208. The van der Waals surface area contributed by atoms with Gasteiger partial charge < -0.3 is 5.32 Å². The van der Waals surface area contributed by atoms with E-state index in [0.29, 0.717) is 18.2 Å². The molecule has 1 aliphatic rings. The molecule has 14 heavy (non-hydrogen) atoms. The van der Waals surface area contributed by atoms with Crippen LogP contribution in [0.4, 0.5) is 0 Å². The largest absolute Gasteiger partial charge is 0.301 e. The van der Waals surface area contributed by atoms with E-state index >= 15 is 0 Å². The normalized spacial score (nSPS) is 28.9. The second-order valence-electron chi connectivity index (χ2n) is 5.24. The number of ketones is 1. The van der Waals surface area contributed by atoms with Crippen LogP contribution in [0.3, 0.4) is 0 Å². The van der Waals surface area contributed by atoms with Crippen LogP contribution in [0.1, 0.15) is 40.5 Å². The standard InChI is InChI=1S/C11H22N2O/c1-8-5-6-12-10(13-8)7-9(14)11(2,3)4/h8,10,12-13H,5-7H2,1-4H3/t8-,10+/m0/s1. The lowest BCUT2D eigenvalue weighted by Crippen LogP contribution is -2.54. The molecule has 3 heteroatoms. The maximum Gasteiger partial charge on any atom is 0.141 e. The zero-order valence-corrected chi connectivity index (χ0v) is 9.68. The van der Waals surface area contributed by atoms with Crippen LogP contribution in [0.25, 0.3) is 0 Å². The predicted octanol–water partition coefficient (Wildman–Crippen LogP) is 1.29. The van der Waals surface area contributed by atoms with E-state index in [0.717, 1.165) is 13.0 Å². The highest BCUT2D eigenvalue weighted by atomic mass is 16.1. The first-order valence-electron chi connectivity index (χ1n) is 5.42. The summed E-state index contributed by atoms with van der Waals surface area (Å²) in [7, 11) is 0. The molecule has 2 atom stereocenters. The van der Waals surface area contributed by atoms with E-state index in [4.69, 9.17) is 0 Å². The van der Waals surface area contributed by atoms with Crippen LogP contribution in [0.2, 0.25) is 0 Å². The minimum atomic E-state index is -0.218. The van der Waals surface area contributed by atoms with Crippen LogP contribution in [-0.2, 0) is 4.79 Å². The molecule has 0 saturated carbocycles. The predicted molar refractivity (Wildman–Crippen MR) is 58.1 cm³/mol. The van der Waals surface area contributed by atoms with Crippen molar-refractivity contribution in [3.05, 3.63) is 0 Å². The lowest BCUT2D eigenvalue weighted by atomic mass is 9.88. The van der Waals surface area contributed by atoms with E-state index < -0.39 is 0 Å². The van der Waals surface area contributed by atoms with Gasteiger partial charge in [-0.2, -0.15) is 0 Å². The van der Waals surface area contributed by atoms with Crippen LogP contribution >= 0.6 is 0 Å².